The molecule has 2 heterocycles. The summed E-state index contributed by atoms with van der Waals surface area (Å²) in [6.45, 7) is 1.68. The number of hydrazone groups is 1. The first-order valence-electron chi connectivity index (χ1n) is 11.3. The number of aliphatic hydroxyl groups excluding tert-OH is 1. The Kier molecular flexibility index (Phi) is 5.86. The Balaban J connectivity index is 1.52. The molecule has 1 N–H and O–H groups in total. The standard InChI is InChI=1S/C27H26N4O3/c1-18(32)27-28-22-10-6-7-11-24(22)30(27)17-26(33)31-25(20-12-14-21(34-2)15-13-20)16-23(29-31)19-8-4-3-5-9-19/h3-15,18,25,32H,16-17H2,1-2H3. The van der Waals surface area contributed by atoms with Crippen LogP contribution >= 0.6 is 0 Å². The molecule has 2 atom stereocenters. The Morgan fingerprint density at radius 3 is 2.47 bits per heavy atom. The number of hydrogen-bond donors (Lipinski definition) is 1. The minimum atomic E-state index is -0.806. The molecule has 0 saturated heterocycles. The molecule has 1 amide bonds. The summed E-state index contributed by atoms with van der Waals surface area (Å²) in [5.41, 5.74) is 4.39. The Bertz CT molecular complexity index is 1340. The van der Waals surface area contributed by atoms with Crippen LogP contribution in [0.15, 0.2) is 84.0 Å². The van der Waals surface area contributed by atoms with Gasteiger partial charge in [0.2, 0.25) is 0 Å². The molecule has 3 aromatic carbocycles. The van der Waals surface area contributed by atoms with E-state index in [-0.39, 0.29) is 18.5 Å². The lowest BCUT2D eigenvalue weighted by Crippen LogP contribution is -2.31. The maximum absolute atomic E-state index is 13.7. The predicted molar refractivity (Wildman–Crippen MR) is 131 cm³/mol. The minimum absolute atomic E-state index is 0.0268. The smallest absolute Gasteiger partial charge is 0.263 e. The van der Waals surface area contributed by atoms with Crippen molar-refractivity contribution in [3.63, 3.8) is 0 Å². The number of amides is 1. The first-order valence-corrected chi connectivity index (χ1v) is 11.3. The van der Waals surface area contributed by atoms with Gasteiger partial charge in [-0.1, -0.05) is 54.6 Å². The highest BCUT2D eigenvalue weighted by Gasteiger charge is 2.33. The van der Waals surface area contributed by atoms with Crippen LogP contribution in [0.25, 0.3) is 11.0 Å². The van der Waals surface area contributed by atoms with Crippen LogP contribution < -0.4 is 4.74 Å². The van der Waals surface area contributed by atoms with Gasteiger partial charge in [-0.05, 0) is 42.3 Å². The van der Waals surface area contributed by atoms with Gasteiger partial charge >= 0.3 is 0 Å². The zero-order valence-corrected chi connectivity index (χ0v) is 19.1. The van der Waals surface area contributed by atoms with Crippen LogP contribution in [0.2, 0.25) is 0 Å². The number of hydrogen-bond acceptors (Lipinski definition) is 5. The molecule has 7 heteroatoms. The zero-order valence-electron chi connectivity index (χ0n) is 19.1. The van der Waals surface area contributed by atoms with Gasteiger partial charge in [-0.2, -0.15) is 5.10 Å². The van der Waals surface area contributed by atoms with Gasteiger partial charge in [0.25, 0.3) is 5.91 Å². The van der Waals surface area contributed by atoms with E-state index >= 15 is 0 Å². The van der Waals surface area contributed by atoms with Gasteiger partial charge in [-0.3, -0.25) is 4.79 Å². The average Bonchev–Trinajstić information content (AvgIpc) is 3.47. The van der Waals surface area contributed by atoms with E-state index in [2.05, 4.69) is 4.98 Å². The van der Waals surface area contributed by atoms with Crippen molar-refractivity contribution in [2.45, 2.75) is 32.0 Å². The second-order valence-corrected chi connectivity index (χ2v) is 8.36. The summed E-state index contributed by atoms with van der Waals surface area (Å²) in [6, 6.07) is 25.0. The molecule has 1 aliphatic heterocycles. The highest BCUT2D eigenvalue weighted by atomic mass is 16.5. The van der Waals surface area contributed by atoms with Crippen LogP contribution in [-0.2, 0) is 11.3 Å². The van der Waals surface area contributed by atoms with E-state index < -0.39 is 6.10 Å². The van der Waals surface area contributed by atoms with Crippen molar-refractivity contribution < 1.29 is 14.6 Å². The van der Waals surface area contributed by atoms with Crippen molar-refractivity contribution in [3.05, 3.63) is 95.8 Å². The van der Waals surface area contributed by atoms with Gasteiger partial charge in [0.05, 0.1) is 29.9 Å². The van der Waals surface area contributed by atoms with Gasteiger partial charge in [0.15, 0.2) is 0 Å². The van der Waals surface area contributed by atoms with Crippen molar-refractivity contribution >= 4 is 22.7 Å². The molecule has 0 radical (unpaired) electrons. The SMILES string of the molecule is COc1ccc(C2CC(c3ccccc3)=NN2C(=O)Cn2c(C(C)O)nc3ccccc32)cc1. The first kappa shape index (κ1) is 21.9. The van der Waals surface area contributed by atoms with Gasteiger partial charge in [-0.15, -0.1) is 0 Å². The summed E-state index contributed by atoms with van der Waals surface area (Å²) >= 11 is 0. The highest BCUT2D eigenvalue weighted by Crippen LogP contribution is 2.34. The number of para-hydroxylation sites is 2. The summed E-state index contributed by atoms with van der Waals surface area (Å²) < 4.78 is 7.08. The lowest BCUT2D eigenvalue weighted by molar-refractivity contribution is -0.133. The molecule has 1 aliphatic rings. The fourth-order valence-electron chi connectivity index (χ4n) is 4.42. The van der Waals surface area contributed by atoms with E-state index in [1.165, 1.54) is 0 Å². The third kappa shape index (κ3) is 4.06. The third-order valence-corrected chi connectivity index (χ3v) is 6.12. The summed E-state index contributed by atoms with van der Waals surface area (Å²) in [6.07, 6.45) is -0.199. The first-order chi connectivity index (χ1) is 16.5. The third-order valence-electron chi connectivity index (χ3n) is 6.12. The fraction of sp³-hybridized carbons (Fsp3) is 0.222. The number of carbonyl (C=O) groups excluding carboxylic acids is 1. The molecule has 34 heavy (non-hydrogen) atoms. The second-order valence-electron chi connectivity index (χ2n) is 8.36. The number of fused-ring (bicyclic) bond motifs is 1. The summed E-state index contributed by atoms with van der Waals surface area (Å²) in [7, 11) is 1.63. The molecule has 4 aromatic rings. The monoisotopic (exact) mass is 454 g/mol. The summed E-state index contributed by atoms with van der Waals surface area (Å²) in [5.74, 6) is 1.05. The van der Waals surface area contributed by atoms with Gasteiger partial charge in [0, 0.05) is 6.42 Å². The van der Waals surface area contributed by atoms with E-state index in [1.807, 2.05) is 78.9 Å². The summed E-state index contributed by atoms with van der Waals surface area (Å²) in [5, 5.41) is 16.6. The lowest BCUT2D eigenvalue weighted by Gasteiger charge is -2.23. The second kappa shape index (κ2) is 9.11. The van der Waals surface area contributed by atoms with E-state index in [0.717, 1.165) is 33.6 Å². The molecule has 0 fully saturated rings. The van der Waals surface area contributed by atoms with Crippen molar-refractivity contribution in [1.82, 2.24) is 14.6 Å². The van der Waals surface area contributed by atoms with Crippen LogP contribution in [0.4, 0.5) is 0 Å². The van der Waals surface area contributed by atoms with Crippen LogP contribution in [-0.4, -0.2) is 38.4 Å². The van der Waals surface area contributed by atoms with Crippen LogP contribution in [0, 0.1) is 0 Å². The zero-order chi connectivity index (χ0) is 23.7. The molecule has 2 unspecified atom stereocenters. The summed E-state index contributed by atoms with van der Waals surface area (Å²) in [4.78, 5) is 18.2. The van der Waals surface area contributed by atoms with E-state index in [4.69, 9.17) is 9.84 Å². The van der Waals surface area contributed by atoms with Crippen molar-refractivity contribution in [1.29, 1.82) is 0 Å². The maximum Gasteiger partial charge on any atom is 0.263 e. The average molecular weight is 455 g/mol. The number of nitrogens with zero attached hydrogens (tertiary/aromatic N) is 4. The number of aromatic nitrogens is 2. The molecule has 0 saturated carbocycles. The van der Waals surface area contributed by atoms with Crippen LogP contribution in [0.1, 0.15) is 42.4 Å². The number of methoxy groups -OCH3 is 1. The number of ether oxygens (including phenoxy) is 1. The number of aliphatic hydroxyl groups is 1. The minimum Gasteiger partial charge on any atom is -0.497 e. The molecular formula is C27H26N4O3. The van der Waals surface area contributed by atoms with Crippen molar-refractivity contribution in [2.75, 3.05) is 7.11 Å². The largest absolute Gasteiger partial charge is 0.497 e. The van der Waals surface area contributed by atoms with E-state index in [0.29, 0.717) is 12.2 Å². The highest BCUT2D eigenvalue weighted by molar-refractivity contribution is 6.03. The van der Waals surface area contributed by atoms with Crippen LogP contribution in [0.3, 0.4) is 0 Å². The van der Waals surface area contributed by atoms with Crippen molar-refractivity contribution in [3.8, 4) is 5.75 Å². The maximum atomic E-state index is 13.7. The van der Waals surface area contributed by atoms with E-state index in [9.17, 15) is 9.90 Å². The number of benzene rings is 3. The number of carbonyl (C=O) groups is 1. The molecule has 172 valence electrons. The molecular weight excluding hydrogens is 428 g/mol. The predicted octanol–water partition coefficient (Wildman–Crippen LogP) is 4.48. The van der Waals surface area contributed by atoms with Crippen molar-refractivity contribution in [2.24, 2.45) is 5.10 Å². The topological polar surface area (TPSA) is 80.0 Å². The lowest BCUT2D eigenvalue weighted by atomic mass is 9.98. The quantitative estimate of drug-likeness (QED) is 0.466. The Hall–Kier alpha value is -3.97. The molecule has 0 aliphatic carbocycles. The number of rotatable bonds is 6. The van der Waals surface area contributed by atoms with E-state index in [1.54, 1.807) is 23.6 Å². The Morgan fingerprint density at radius 2 is 1.76 bits per heavy atom. The molecule has 1 aromatic heterocycles. The molecule has 7 nitrogen and oxygen atoms in total. The molecule has 5 rings (SSSR count). The molecule has 0 spiro atoms. The normalized spacial score (nSPS) is 16.5. The molecule has 0 bridgehead atoms. The van der Waals surface area contributed by atoms with Crippen LogP contribution in [0.5, 0.6) is 5.75 Å². The van der Waals surface area contributed by atoms with Gasteiger partial charge < -0.3 is 14.4 Å². The van der Waals surface area contributed by atoms with Gasteiger partial charge in [-0.25, -0.2) is 9.99 Å². The fourth-order valence-corrected chi connectivity index (χ4v) is 4.42. The number of imidazole rings is 1. The Labute approximate surface area is 197 Å². The Morgan fingerprint density at radius 1 is 1.06 bits per heavy atom. The van der Waals surface area contributed by atoms with Gasteiger partial charge in [0.1, 0.15) is 24.2 Å².